The molecule has 0 atom stereocenters. The van der Waals surface area contributed by atoms with Gasteiger partial charge < -0.3 is 14.6 Å². The summed E-state index contributed by atoms with van der Waals surface area (Å²) in [6.45, 7) is 3.58. The lowest BCUT2D eigenvalue weighted by Gasteiger charge is -2.10. The molecule has 1 aliphatic carbocycles. The van der Waals surface area contributed by atoms with E-state index in [-0.39, 0.29) is 12.5 Å². The van der Waals surface area contributed by atoms with Crippen molar-refractivity contribution in [2.24, 2.45) is 0 Å². The average Bonchev–Trinajstić information content (AvgIpc) is 3.06. The van der Waals surface area contributed by atoms with E-state index in [1.54, 1.807) is 0 Å². The Kier molecular flexibility index (Phi) is 3.78. The van der Waals surface area contributed by atoms with E-state index in [0.717, 1.165) is 12.2 Å². The van der Waals surface area contributed by atoms with Gasteiger partial charge in [0.15, 0.2) is 0 Å². The van der Waals surface area contributed by atoms with E-state index in [1.165, 1.54) is 25.8 Å². The number of carbonyl (C=O) groups is 1. The zero-order chi connectivity index (χ0) is 12.3. The molecule has 94 valence electrons. The molecule has 0 aromatic carbocycles. The average molecular weight is 237 g/mol. The van der Waals surface area contributed by atoms with Gasteiger partial charge in [-0.05, 0) is 19.8 Å². The van der Waals surface area contributed by atoms with Crippen molar-refractivity contribution in [2.45, 2.75) is 32.2 Å². The van der Waals surface area contributed by atoms with Gasteiger partial charge in [0.2, 0.25) is 5.91 Å². The molecule has 0 bridgehead atoms. The number of aryl methyl sites for hydroxylation is 1. The normalized spacial score (nSPS) is 14.9. The minimum atomic E-state index is -0.0711. The van der Waals surface area contributed by atoms with Crippen LogP contribution in [0.15, 0.2) is 6.20 Å². The van der Waals surface area contributed by atoms with Crippen LogP contribution in [-0.4, -0.2) is 35.7 Å². The van der Waals surface area contributed by atoms with Crippen LogP contribution in [0.3, 0.4) is 0 Å². The molecule has 0 aliphatic heterocycles. The van der Waals surface area contributed by atoms with Gasteiger partial charge in [-0.25, -0.2) is 4.98 Å². The number of ether oxygens (including phenoxy) is 1. The molecule has 1 aromatic rings. The van der Waals surface area contributed by atoms with Crippen molar-refractivity contribution >= 4 is 5.91 Å². The third kappa shape index (κ3) is 3.06. The summed E-state index contributed by atoms with van der Waals surface area (Å²) in [7, 11) is 1.52. The van der Waals surface area contributed by atoms with Crippen molar-refractivity contribution < 1.29 is 9.53 Å². The lowest BCUT2D eigenvalue weighted by molar-refractivity contribution is -0.124. The van der Waals surface area contributed by atoms with Crippen LogP contribution in [0.5, 0.6) is 0 Å². The number of nitrogens with one attached hydrogen (secondary N) is 1. The molecule has 1 N–H and O–H groups in total. The zero-order valence-electron chi connectivity index (χ0n) is 10.4. The lowest BCUT2D eigenvalue weighted by Crippen LogP contribution is -2.30. The number of rotatable bonds is 6. The standard InChI is InChI=1S/C12H19N3O2/c1-9-7-14-12(10-3-4-10)15(9)6-5-13-11(16)8-17-2/h7,10H,3-6,8H2,1-2H3,(H,13,16). The molecule has 1 aromatic heterocycles. The Morgan fingerprint density at radius 2 is 2.41 bits per heavy atom. The Bertz CT molecular complexity index is 396. The molecular weight excluding hydrogens is 218 g/mol. The maximum absolute atomic E-state index is 11.2. The fraction of sp³-hybridized carbons (Fsp3) is 0.667. The van der Waals surface area contributed by atoms with E-state index in [1.807, 2.05) is 6.20 Å². The van der Waals surface area contributed by atoms with Crippen LogP contribution >= 0.6 is 0 Å². The van der Waals surface area contributed by atoms with Gasteiger partial charge >= 0.3 is 0 Å². The van der Waals surface area contributed by atoms with E-state index in [4.69, 9.17) is 4.74 Å². The van der Waals surface area contributed by atoms with Crippen LogP contribution in [-0.2, 0) is 16.1 Å². The summed E-state index contributed by atoms with van der Waals surface area (Å²) in [5.41, 5.74) is 1.16. The molecule has 1 amide bonds. The predicted octanol–water partition coefficient (Wildman–Crippen LogP) is 0.832. The van der Waals surface area contributed by atoms with E-state index < -0.39 is 0 Å². The molecular formula is C12H19N3O2. The van der Waals surface area contributed by atoms with E-state index in [0.29, 0.717) is 12.5 Å². The first-order chi connectivity index (χ1) is 8.22. The molecule has 0 unspecified atom stereocenters. The van der Waals surface area contributed by atoms with Crippen LogP contribution in [0, 0.1) is 6.92 Å². The largest absolute Gasteiger partial charge is 0.375 e. The number of amides is 1. The van der Waals surface area contributed by atoms with Crippen LogP contribution in [0.1, 0.15) is 30.3 Å². The van der Waals surface area contributed by atoms with Crippen molar-refractivity contribution in [3.63, 3.8) is 0 Å². The van der Waals surface area contributed by atoms with Gasteiger partial charge in [0.05, 0.1) is 0 Å². The predicted molar refractivity (Wildman–Crippen MR) is 63.8 cm³/mol. The highest BCUT2D eigenvalue weighted by Gasteiger charge is 2.28. The van der Waals surface area contributed by atoms with Crippen molar-refractivity contribution in [3.05, 3.63) is 17.7 Å². The highest BCUT2D eigenvalue weighted by Crippen LogP contribution is 2.39. The van der Waals surface area contributed by atoms with Crippen molar-refractivity contribution in [1.29, 1.82) is 0 Å². The molecule has 0 spiro atoms. The Hall–Kier alpha value is -1.36. The van der Waals surface area contributed by atoms with Gasteiger partial charge in [-0.15, -0.1) is 0 Å². The minimum Gasteiger partial charge on any atom is -0.375 e. The summed E-state index contributed by atoms with van der Waals surface area (Å²) >= 11 is 0. The number of aromatic nitrogens is 2. The number of hydrogen-bond donors (Lipinski definition) is 1. The number of imidazole rings is 1. The van der Waals surface area contributed by atoms with Gasteiger partial charge in [-0.2, -0.15) is 0 Å². The van der Waals surface area contributed by atoms with Crippen molar-refractivity contribution in [2.75, 3.05) is 20.3 Å². The summed E-state index contributed by atoms with van der Waals surface area (Å²) in [6, 6.07) is 0. The van der Waals surface area contributed by atoms with Crippen LogP contribution in [0.4, 0.5) is 0 Å². The maximum atomic E-state index is 11.2. The second kappa shape index (κ2) is 5.31. The van der Waals surface area contributed by atoms with Gasteiger partial charge in [0, 0.05) is 38.0 Å². The van der Waals surface area contributed by atoms with Gasteiger partial charge in [0.25, 0.3) is 0 Å². The number of hydrogen-bond acceptors (Lipinski definition) is 3. The lowest BCUT2D eigenvalue weighted by atomic mass is 10.4. The van der Waals surface area contributed by atoms with Crippen LogP contribution in [0.25, 0.3) is 0 Å². The summed E-state index contributed by atoms with van der Waals surface area (Å²) < 4.78 is 6.96. The second-order valence-corrected chi connectivity index (χ2v) is 4.47. The SMILES string of the molecule is COCC(=O)NCCn1c(C)cnc1C1CC1. The van der Waals surface area contributed by atoms with Crippen LogP contribution in [0.2, 0.25) is 0 Å². The number of methoxy groups -OCH3 is 1. The first kappa shape index (κ1) is 12.1. The topological polar surface area (TPSA) is 56.1 Å². The summed E-state index contributed by atoms with van der Waals surface area (Å²) in [4.78, 5) is 15.7. The molecule has 2 rings (SSSR count). The first-order valence-corrected chi connectivity index (χ1v) is 6.00. The molecule has 17 heavy (non-hydrogen) atoms. The van der Waals surface area contributed by atoms with E-state index in [2.05, 4.69) is 21.8 Å². The number of nitrogens with zero attached hydrogens (tertiary/aromatic N) is 2. The Labute approximate surface area is 101 Å². The molecule has 1 saturated carbocycles. The Morgan fingerprint density at radius 3 is 3.06 bits per heavy atom. The molecule has 0 radical (unpaired) electrons. The molecule has 5 heteroatoms. The molecule has 1 heterocycles. The summed E-state index contributed by atoms with van der Waals surface area (Å²) in [5.74, 6) is 1.74. The zero-order valence-corrected chi connectivity index (χ0v) is 10.4. The smallest absolute Gasteiger partial charge is 0.246 e. The van der Waals surface area contributed by atoms with E-state index >= 15 is 0 Å². The van der Waals surface area contributed by atoms with Gasteiger partial charge in [-0.1, -0.05) is 0 Å². The first-order valence-electron chi connectivity index (χ1n) is 6.00. The molecule has 0 saturated heterocycles. The second-order valence-electron chi connectivity index (χ2n) is 4.47. The van der Waals surface area contributed by atoms with Crippen molar-refractivity contribution in [1.82, 2.24) is 14.9 Å². The molecule has 1 fully saturated rings. The molecule has 5 nitrogen and oxygen atoms in total. The highest BCUT2D eigenvalue weighted by atomic mass is 16.5. The fourth-order valence-corrected chi connectivity index (χ4v) is 1.93. The molecule has 1 aliphatic rings. The monoisotopic (exact) mass is 237 g/mol. The highest BCUT2D eigenvalue weighted by molar-refractivity contribution is 5.77. The third-order valence-electron chi connectivity index (χ3n) is 2.96. The Morgan fingerprint density at radius 1 is 1.65 bits per heavy atom. The van der Waals surface area contributed by atoms with Crippen molar-refractivity contribution in [3.8, 4) is 0 Å². The minimum absolute atomic E-state index is 0.0711. The van der Waals surface area contributed by atoms with Crippen LogP contribution < -0.4 is 5.32 Å². The fourth-order valence-electron chi connectivity index (χ4n) is 1.93. The quantitative estimate of drug-likeness (QED) is 0.797. The summed E-state index contributed by atoms with van der Waals surface area (Å²) in [5, 5.41) is 2.82. The number of carbonyl (C=O) groups excluding carboxylic acids is 1. The van der Waals surface area contributed by atoms with E-state index in [9.17, 15) is 4.79 Å². The third-order valence-corrected chi connectivity index (χ3v) is 2.96. The summed E-state index contributed by atoms with van der Waals surface area (Å²) in [6.07, 6.45) is 4.39. The Balaban J connectivity index is 1.85. The van der Waals surface area contributed by atoms with Gasteiger partial charge in [-0.3, -0.25) is 4.79 Å². The maximum Gasteiger partial charge on any atom is 0.246 e. The van der Waals surface area contributed by atoms with Gasteiger partial charge in [0.1, 0.15) is 12.4 Å².